The summed E-state index contributed by atoms with van der Waals surface area (Å²) in [5.74, 6) is -0.132. The van der Waals surface area contributed by atoms with Gasteiger partial charge in [-0.2, -0.15) is 0 Å². The Balaban J connectivity index is 2.03. The van der Waals surface area contributed by atoms with Gasteiger partial charge in [0.2, 0.25) is 0 Å². The van der Waals surface area contributed by atoms with Crippen molar-refractivity contribution in [2.75, 3.05) is 0 Å². The highest BCUT2D eigenvalue weighted by atomic mass is 35.5. The van der Waals surface area contributed by atoms with Gasteiger partial charge in [0.15, 0.2) is 5.82 Å². The number of halogens is 2. The smallest absolute Gasteiger partial charge is 0.305 e. The maximum Gasteiger partial charge on any atom is 0.305 e. The minimum atomic E-state index is -0.870. The maximum atomic E-state index is 11.1. The molecule has 2 aromatic rings. The van der Waals surface area contributed by atoms with Gasteiger partial charge < -0.3 is 5.11 Å². The number of benzene rings is 1. The lowest BCUT2D eigenvalue weighted by Crippen LogP contribution is -2.18. The summed E-state index contributed by atoms with van der Waals surface area (Å²) in [4.78, 5) is 11.1. The third kappa shape index (κ3) is 2.87. The number of aliphatic carboxylic acids is 1. The molecule has 0 radical (unpaired) electrons. The molecule has 1 atom stereocenters. The van der Waals surface area contributed by atoms with Crippen molar-refractivity contribution < 1.29 is 9.90 Å². The van der Waals surface area contributed by atoms with Crippen LogP contribution in [0.4, 0.5) is 0 Å². The van der Waals surface area contributed by atoms with E-state index in [-0.39, 0.29) is 12.5 Å². The molecule has 8 heteroatoms. The zero-order chi connectivity index (χ0) is 15.0. The van der Waals surface area contributed by atoms with Crippen LogP contribution < -0.4 is 0 Å². The van der Waals surface area contributed by atoms with E-state index in [4.69, 9.17) is 28.3 Å². The van der Waals surface area contributed by atoms with Gasteiger partial charge in [0, 0.05) is 5.56 Å². The first kappa shape index (κ1) is 14.3. The fourth-order valence-corrected chi connectivity index (χ4v) is 2.77. The Kier molecular flexibility index (Phi) is 3.82. The number of tetrazole rings is 1. The number of nitrogens with zero attached hydrogens (tertiary/aromatic N) is 4. The Morgan fingerprint density at radius 1 is 1.43 bits per heavy atom. The highest BCUT2D eigenvalue weighted by Gasteiger charge is 2.36. The number of carboxylic acid groups (broad SMARTS) is 1. The number of carbonyl (C=O) groups is 1. The molecule has 1 N–H and O–H groups in total. The van der Waals surface area contributed by atoms with Crippen LogP contribution >= 0.6 is 23.2 Å². The molecule has 1 aliphatic carbocycles. The highest BCUT2D eigenvalue weighted by Crippen LogP contribution is 2.43. The van der Waals surface area contributed by atoms with Crippen molar-refractivity contribution >= 4 is 29.2 Å². The summed E-state index contributed by atoms with van der Waals surface area (Å²) in [7, 11) is 0. The van der Waals surface area contributed by atoms with E-state index < -0.39 is 5.97 Å². The average molecular weight is 327 g/mol. The van der Waals surface area contributed by atoms with Crippen LogP contribution in [0.3, 0.4) is 0 Å². The second-order valence-corrected chi connectivity index (χ2v) is 5.84. The number of hydrogen-bond acceptors (Lipinski definition) is 4. The molecule has 0 amide bonds. The summed E-state index contributed by atoms with van der Waals surface area (Å²) in [6.45, 7) is 0. The van der Waals surface area contributed by atoms with E-state index in [1.807, 2.05) is 0 Å². The second kappa shape index (κ2) is 5.61. The van der Waals surface area contributed by atoms with Crippen LogP contribution in [-0.2, 0) is 4.79 Å². The summed E-state index contributed by atoms with van der Waals surface area (Å²) in [5, 5.41) is 21.5. The lowest BCUT2D eigenvalue weighted by atomic mass is 10.1. The van der Waals surface area contributed by atoms with Crippen molar-refractivity contribution in [2.45, 2.75) is 25.3 Å². The standard InChI is InChI=1S/C13H12Cl2N4O2/c14-9-3-1-2-8(12(9)15)13-16-17-18-19(13)10(6-11(20)21)7-4-5-7/h1-3,7,10H,4-6H2,(H,20,21). The molecule has 0 aliphatic heterocycles. The van der Waals surface area contributed by atoms with Gasteiger partial charge in [-0.1, -0.05) is 29.3 Å². The third-order valence-corrected chi connectivity index (χ3v) is 4.37. The Bertz CT molecular complexity index is 685. The normalized spacial score (nSPS) is 15.9. The predicted octanol–water partition coefficient (Wildman–Crippen LogP) is 3.07. The van der Waals surface area contributed by atoms with Crippen molar-refractivity contribution in [3.05, 3.63) is 28.2 Å². The number of hydrogen-bond donors (Lipinski definition) is 1. The molecule has 1 unspecified atom stereocenters. The Labute approximate surface area is 130 Å². The summed E-state index contributed by atoms with van der Waals surface area (Å²) in [6, 6.07) is 4.94. The predicted molar refractivity (Wildman–Crippen MR) is 77.3 cm³/mol. The second-order valence-electron chi connectivity index (χ2n) is 5.05. The van der Waals surface area contributed by atoms with E-state index >= 15 is 0 Å². The van der Waals surface area contributed by atoms with Crippen LogP contribution in [0.1, 0.15) is 25.3 Å². The lowest BCUT2D eigenvalue weighted by molar-refractivity contribution is -0.138. The minimum absolute atomic E-state index is 0.0130. The van der Waals surface area contributed by atoms with Gasteiger partial charge in [-0.25, -0.2) is 4.68 Å². The van der Waals surface area contributed by atoms with E-state index in [0.29, 0.717) is 27.4 Å². The molecule has 0 bridgehead atoms. The van der Waals surface area contributed by atoms with Gasteiger partial charge in [-0.3, -0.25) is 4.79 Å². The zero-order valence-corrected chi connectivity index (χ0v) is 12.4. The molecule has 1 aromatic heterocycles. The number of carboxylic acids is 1. The van der Waals surface area contributed by atoms with Crippen molar-refractivity contribution in [2.24, 2.45) is 5.92 Å². The van der Waals surface area contributed by atoms with Crippen LogP contribution in [0.15, 0.2) is 18.2 Å². The molecule has 1 saturated carbocycles. The van der Waals surface area contributed by atoms with Crippen molar-refractivity contribution in [1.29, 1.82) is 0 Å². The van der Waals surface area contributed by atoms with Gasteiger partial charge in [0.05, 0.1) is 22.5 Å². The highest BCUT2D eigenvalue weighted by molar-refractivity contribution is 6.43. The van der Waals surface area contributed by atoms with Gasteiger partial charge in [0.1, 0.15) is 0 Å². The van der Waals surface area contributed by atoms with Crippen LogP contribution in [0.25, 0.3) is 11.4 Å². The SMILES string of the molecule is O=C(O)CC(C1CC1)n1nnnc1-c1cccc(Cl)c1Cl. The van der Waals surface area contributed by atoms with Crippen LogP contribution in [0.2, 0.25) is 10.0 Å². The molecule has 1 aliphatic rings. The third-order valence-electron chi connectivity index (χ3n) is 3.55. The molecule has 1 heterocycles. The lowest BCUT2D eigenvalue weighted by Gasteiger charge is -2.16. The molecule has 0 spiro atoms. The van der Waals surface area contributed by atoms with Gasteiger partial charge >= 0.3 is 5.97 Å². The Morgan fingerprint density at radius 3 is 2.86 bits per heavy atom. The van der Waals surface area contributed by atoms with Crippen molar-refractivity contribution in [1.82, 2.24) is 20.2 Å². The van der Waals surface area contributed by atoms with E-state index in [1.165, 1.54) is 0 Å². The van der Waals surface area contributed by atoms with E-state index in [9.17, 15) is 4.79 Å². The molecule has 21 heavy (non-hydrogen) atoms. The van der Waals surface area contributed by atoms with Gasteiger partial charge in [-0.15, -0.1) is 5.10 Å². The largest absolute Gasteiger partial charge is 0.481 e. The van der Waals surface area contributed by atoms with Gasteiger partial charge in [-0.05, 0) is 41.3 Å². The molecular weight excluding hydrogens is 315 g/mol. The molecule has 1 aromatic carbocycles. The first-order valence-corrected chi connectivity index (χ1v) is 7.27. The van der Waals surface area contributed by atoms with Crippen molar-refractivity contribution in [3.8, 4) is 11.4 Å². The molecule has 3 rings (SSSR count). The summed E-state index contributed by atoms with van der Waals surface area (Å²) < 4.78 is 1.56. The van der Waals surface area contributed by atoms with Crippen LogP contribution in [0, 0.1) is 5.92 Å². The quantitative estimate of drug-likeness (QED) is 0.913. The molecule has 6 nitrogen and oxygen atoms in total. The van der Waals surface area contributed by atoms with E-state index in [0.717, 1.165) is 12.8 Å². The number of rotatable bonds is 5. The monoisotopic (exact) mass is 326 g/mol. The van der Waals surface area contributed by atoms with Crippen LogP contribution in [-0.4, -0.2) is 31.3 Å². The number of aromatic nitrogens is 4. The van der Waals surface area contributed by atoms with Crippen molar-refractivity contribution in [3.63, 3.8) is 0 Å². The van der Waals surface area contributed by atoms with Crippen LogP contribution in [0.5, 0.6) is 0 Å². The fourth-order valence-electron chi connectivity index (χ4n) is 2.38. The minimum Gasteiger partial charge on any atom is -0.481 e. The van der Waals surface area contributed by atoms with Gasteiger partial charge in [0.25, 0.3) is 0 Å². The fraction of sp³-hybridized carbons (Fsp3) is 0.385. The first-order valence-electron chi connectivity index (χ1n) is 6.52. The maximum absolute atomic E-state index is 11.1. The molecule has 110 valence electrons. The molecule has 1 fully saturated rings. The Hall–Kier alpha value is -1.66. The Morgan fingerprint density at radius 2 is 2.19 bits per heavy atom. The molecular formula is C13H12Cl2N4O2. The van der Waals surface area contributed by atoms with E-state index in [1.54, 1.807) is 22.9 Å². The topological polar surface area (TPSA) is 80.9 Å². The van der Waals surface area contributed by atoms with E-state index in [2.05, 4.69) is 15.5 Å². The summed E-state index contributed by atoms with van der Waals surface area (Å²) in [6.07, 6.45) is 1.96. The average Bonchev–Trinajstić information content (AvgIpc) is 3.17. The summed E-state index contributed by atoms with van der Waals surface area (Å²) >= 11 is 12.2. The molecule has 0 saturated heterocycles. The zero-order valence-electron chi connectivity index (χ0n) is 10.9. The first-order chi connectivity index (χ1) is 10.1. The summed E-state index contributed by atoms with van der Waals surface area (Å²) in [5.41, 5.74) is 0.602.